The second kappa shape index (κ2) is 5.63. The van der Waals surface area contributed by atoms with E-state index in [4.69, 9.17) is 4.74 Å². The number of hydrogen-bond donors (Lipinski definition) is 0. The molecule has 22 heavy (non-hydrogen) atoms. The van der Waals surface area contributed by atoms with Crippen LogP contribution in [0.1, 0.15) is 11.1 Å². The topological polar surface area (TPSA) is 21.6 Å². The molecule has 0 fully saturated rings. The van der Waals surface area contributed by atoms with Crippen molar-refractivity contribution in [3.63, 3.8) is 0 Å². The van der Waals surface area contributed by atoms with Crippen LogP contribution in [0.3, 0.4) is 0 Å². The predicted molar refractivity (Wildman–Crippen MR) is 73.2 cm³/mol. The first-order valence-corrected chi connectivity index (χ1v) is 6.36. The van der Waals surface area contributed by atoms with Gasteiger partial charge < -0.3 is 4.74 Å². The van der Waals surface area contributed by atoms with Gasteiger partial charge in [-0.25, -0.2) is 22.6 Å². The zero-order chi connectivity index (χ0) is 15.7. The van der Waals surface area contributed by atoms with Crippen molar-refractivity contribution in [1.29, 1.82) is 0 Å². The van der Waals surface area contributed by atoms with Crippen LogP contribution in [-0.4, -0.2) is 12.5 Å². The van der Waals surface area contributed by atoms with Crippen LogP contribution in [0, 0.1) is 23.3 Å². The second-order valence-corrected chi connectivity index (χ2v) is 4.59. The summed E-state index contributed by atoms with van der Waals surface area (Å²) in [6.45, 7) is -0.0404. The molecule has 0 saturated carbocycles. The Morgan fingerprint density at radius 1 is 0.955 bits per heavy atom. The van der Waals surface area contributed by atoms with Crippen LogP contribution in [0.25, 0.3) is 6.08 Å². The minimum absolute atomic E-state index is 0.0404. The number of rotatable bonds is 2. The van der Waals surface area contributed by atoms with Gasteiger partial charge in [-0.15, -0.1) is 0 Å². The number of nitrogens with zero attached hydrogens (tertiary/aromatic N) is 1. The zero-order valence-corrected chi connectivity index (χ0v) is 11.1. The molecule has 112 valence electrons. The lowest BCUT2D eigenvalue weighted by molar-refractivity contribution is 0.365. The second-order valence-electron chi connectivity index (χ2n) is 4.59. The molecule has 0 aromatic heterocycles. The number of benzene rings is 2. The van der Waals surface area contributed by atoms with Gasteiger partial charge in [-0.3, -0.25) is 0 Å². The Balaban J connectivity index is 2.00. The summed E-state index contributed by atoms with van der Waals surface area (Å²) in [4.78, 5) is 4.07. The molecule has 0 aliphatic carbocycles. The van der Waals surface area contributed by atoms with Gasteiger partial charge in [0.1, 0.15) is 6.61 Å². The molecule has 0 saturated heterocycles. The molecule has 3 rings (SSSR count). The van der Waals surface area contributed by atoms with E-state index in [0.29, 0.717) is 5.56 Å². The summed E-state index contributed by atoms with van der Waals surface area (Å²) in [6, 6.07) is 9.05. The lowest BCUT2D eigenvalue weighted by Crippen LogP contribution is -2.00. The van der Waals surface area contributed by atoms with E-state index < -0.39 is 28.8 Å². The number of ether oxygens (including phenoxy) is 1. The maximum absolute atomic E-state index is 13.6. The molecule has 1 aliphatic rings. The molecule has 1 aliphatic heterocycles. The maximum atomic E-state index is 13.6. The molecular weight excluding hydrogens is 298 g/mol. The summed E-state index contributed by atoms with van der Waals surface area (Å²) < 4.78 is 58.8. The quantitative estimate of drug-likeness (QED) is 0.605. The van der Waals surface area contributed by atoms with E-state index in [1.807, 2.05) is 6.07 Å². The van der Waals surface area contributed by atoms with Gasteiger partial charge in [-0.1, -0.05) is 18.2 Å². The Kier molecular flexibility index (Phi) is 3.66. The first-order valence-electron chi connectivity index (χ1n) is 6.36. The Hall–Kier alpha value is -2.63. The summed E-state index contributed by atoms with van der Waals surface area (Å²) in [7, 11) is 0. The largest absolute Gasteiger partial charge is 0.471 e. The third kappa shape index (κ3) is 2.59. The van der Waals surface area contributed by atoms with Crippen molar-refractivity contribution >= 4 is 12.0 Å². The Morgan fingerprint density at radius 3 is 2.23 bits per heavy atom. The summed E-state index contributed by atoms with van der Waals surface area (Å²) in [5.41, 5.74) is 0.0491. The van der Waals surface area contributed by atoms with E-state index in [-0.39, 0.29) is 24.3 Å². The summed E-state index contributed by atoms with van der Waals surface area (Å²) in [5, 5.41) is 0. The van der Waals surface area contributed by atoms with E-state index in [1.165, 1.54) is 0 Å². The zero-order valence-electron chi connectivity index (χ0n) is 11.1. The average Bonchev–Trinajstić information content (AvgIpc) is 2.99. The molecule has 0 unspecified atom stereocenters. The minimum atomic E-state index is -1.46. The Morgan fingerprint density at radius 2 is 1.59 bits per heavy atom. The van der Waals surface area contributed by atoms with Gasteiger partial charge >= 0.3 is 0 Å². The SMILES string of the molecule is Fc1cc(F)c(F)c(C=C2COC(c3ccccc3)=N2)c1F. The van der Waals surface area contributed by atoms with E-state index >= 15 is 0 Å². The highest BCUT2D eigenvalue weighted by molar-refractivity contribution is 5.96. The Labute approximate surface area is 123 Å². The molecular formula is C16H9F4NO. The van der Waals surface area contributed by atoms with Gasteiger partial charge in [-0.05, 0) is 18.2 Å². The fraction of sp³-hybridized carbons (Fsp3) is 0.0625. The molecule has 0 bridgehead atoms. The molecule has 2 aromatic carbocycles. The molecule has 0 atom stereocenters. The van der Waals surface area contributed by atoms with Crippen LogP contribution in [0.4, 0.5) is 17.6 Å². The monoisotopic (exact) mass is 307 g/mol. The molecule has 0 amide bonds. The summed E-state index contributed by atoms with van der Waals surface area (Å²) in [5.74, 6) is -5.57. The molecule has 6 heteroatoms. The standard InChI is InChI=1S/C16H9F4NO/c17-12-7-13(18)15(20)11(14(12)19)6-10-8-22-16(21-10)9-4-2-1-3-5-9/h1-7H,8H2. The fourth-order valence-corrected chi connectivity index (χ4v) is 2.02. The van der Waals surface area contributed by atoms with Crippen molar-refractivity contribution in [3.8, 4) is 0 Å². The molecule has 2 aromatic rings. The number of aliphatic imine (C=N–C) groups is 1. The molecule has 2 nitrogen and oxygen atoms in total. The van der Waals surface area contributed by atoms with Crippen LogP contribution in [0.15, 0.2) is 47.1 Å². The van der Waals surface area contributed by atoms with E-state index in [1.54, 1.807) is 24.3 Å². The highest BCUT2D eigenvalue weighted by Gasteiger charge is 2.20. The van der Waals surface area contributed by atoms with E-state index in [2.05, 4.69) is 4.99 Å². The van der Waals surface area contributed by atoms with Crippen LogP contribution in [0.2, 0.25) is 0 Å². The van der Waals surface area contributed by atoms with Crippen LogP contribution in [0.5, 0.6) is 0 Å². The van der Waals surface area contributed by atoms with Gasteiger partial charge in [0.05, 0.1) is 11.3 Å². The molecule has 0 N–H and O–H groups in total. The lowest BCUT2D eigenvalue weighted by Gasteiger charge is -2.02. The highest BCUT2D eigenvalue weighted by Crippen LogP contribution is 2.24. The minimum Gasteiger partial charge on any atom is -0.471 e. The Bertz CT molecular complexity index is 758. The maximum Gasteiger partial charge on any atom is 0.221 e. The van der Waals surface area contributed by atoms with Gasteiger partial charge in [0.2, 0.25) is 5.90 Å². The van der Waals surface area contributed by atoms with Crippen molar-refractivity contribution in [3.05, 3.63) is 76.5 Å². The smallest absolute Gasteiger partial charge is 0.221 e. The predicted octanol–water partition coefficient (Wildman–Crippen LogP) is 4.06. The van der Waals surface area contributed by atoms with Crippen molar-refractivity contribution in [2.75, 3.05) is 6.61 Å². The van der Waals surface area contributed by atoms with Crippen molar-refractivity contribution in [1.82, 2.24) is 0 Å². The van der Waals surface area contributed by atoms with Crippen molar-refractivity contribution in [2.45, 2.75) is 0 Å². The van der Waals surface area contributed by atoms with Gasteiger partial charge in [0.25, 0.3) is 0 Å². The van der Waals surface area contributed by atoms with Gasteiger partial charge in [-0.2, -0.15) is 0 Å². The molecule has 0 radical (unpaired) electrons. The van der Waals surface area contributed by atoms with Crippen LogP contribution < -0.4 is 0 Å². The van der Waals surface area contributed by atoms with Crippen molar-refractivity contribution < 1.29 is 22.3 Å². The fourth-order valence-electron chi connectivity index (χ4n) is 2.02. The van der Waals surface area contributed by atoms with E-state index in [0.717, 1.165) is 6.08 Å². The number of halogens is 4. The summed E-state index contributed by atoms with van der Waals surface area (Å²) >= 11 is 0. The average molecular weight is 307 g/mol. The highest BCUT2D eigenvalue weighted by atomic mass is 19.2. The van der Waals surface area contributed by atoms with E-state index in [9.17, 15) is 17.6 Å². The molecule has 0 spiro atoms. The van der Waals surface area contributed by atoms with Gasteiger partial charge in [0, 0.05) is 11.6 Å². The van der Waals surface area contributed by atoms with Gasteiger partial charge in [0.15, 0.2) is 23.3 Å². The van der Waals surface area contributed by atoms with Crippen LogP contribution >= 0.6 is 0 Å². The first kappa shape index (κ1) is 14.3. The normalized spacial score (nSPS) is 15.8. The summed E-state index contributed by atoms with van der Waals surface area (Å²) in [6.07, 6.45) is 0.937. The third-order valence-corrected chi connectivity index (χ3v) is 3.08. The lowest BCUT2D eigenvalue weighted by atomic mass is 10.1. The molecule has 1 heterocycles. The third-order valence-electron chi connectivity index (χ3n) is 3.08. The van der Waals surface area contributed by atoms with Crippen LogP contribution in [-0.2, 0) is 4.74 Å². The first-order chi connectivity index (χ1) is 10.6. The number of hydrogen-bond acceptors (Lipinski definition) is 2. The van der Waals surface area contributed by atoms with Crippen molar-refractivity contribution in [2.24, 2.45) is 4.99 Å².